The predicted octanol–water partition coefficient (Wildman–Crippen LogP) is 2.92. The van der Waals surface area contributed by atoms with Gasteiger partial charge in [0.1, 0.15) is 5.82 Å². The van der Waals surface area contributed by atoms with Crippen molar-refractivity contribution >= 4 is 0 Å². The second-order valence-electron chi connectivity index (χ2n) is 5.31. The van der Waals surface area contributed by atoms with Crippen molar-refractivity contribution in [3.8, 4) is 11.5 Å². The van der Waals surface area contributed by atoms with Gasteiger partial charge in [0.2, 0.25) is 0 Å². The van der Waals surface area contributed by atoms with Gasteiger partial charge in [-0.1, -0.05) is 25.9 Å². The minimum atomic E-state index is -0.310. The number of nitrogens with zero attached hydrogens (tertiary/aromatic N) is 2. The maximum Gasteiger partial charge on any atom is 0.257 e. The van der Waals surface area contributed by atoms with Crippen LogP contribution in [0.5, 0.6) is 0 Å². The third-order valence-electron chi connectivity index (χ3n) is 2.74. The van der Waals surface area contributed by atoms with Crippen molar-refractivity contribution in [1.29, 1.82) is 0 Å². The van der Waals surface area contributed by atoms with Crippen molar-refractivity contribution in [1.82, 2.24) is 10.1 Å². The Labute approximate surface area is 105 Å². The van der Waals surface area contributed by atoms with Crippen LogP contribution in [0.1, 0.15) is 32.6 Å². The lowest BCUT2D eigenvalue weighted by Gasteiger charge is -2.23. The van der Waals surface area contributed by atoms with E-state index < -0.39 is 0 Å². The molecule has 0 aliphatic heterocycles. The van der Waals surface area contributed by atoms with Gasteiger partial charge in [0.25, 0.3) is 5.89 Å². The fourth-order valence-corrected chi connectivity index (χ4v) is 1.46. The molecule has 1 unspecified atom stereocenters. The Kier molecular flexibility index (Phi) is 3.17. The van der Waals surface area contributed by atoms with Gasteiger partial charge in [0.05, 0.1) is 6.04 Å². The summed E-state index contributed by atoms with van der Waals surface area (Å²) in [5, 5.41) is 3.88. The third-order valence-corrected chi connectivity index (χ3v) is 2.74. The summed E-state index contributed by atoms with van der Waals surface area (Å²) in [7, 11) is 0. The second kappa shape index (κ2) is 4.49. The zero-order valence-electron chi connectivity index (χ0n) is 10.6. The lowest BCUT2D eigenvalue weighted by atomic mass is 9.87. The highest BCUT2D eigenvalue weighted by Crippen LogP contribution is 2.29. The largest absolute Gasteiger partial charge is 0.334 e. The van der Waals surface area contributed by atoms with Gasteiger partial charge in [-0.15, -0.1) is 0 Å². The van der Waals surface area contributed by atoms with Gasteiger partial charge in [-0.25, -0.2) is 4.39 Å². The standard InChI is InChI=1S/C13H16FN3O/c1-13(2,3)10(15)11-16-12(18-17-11)8-4-6-9(14)7-5-8/h4-7,10H,15H2,1-3H3. The molecule has 0 aliphatic rings. The van der Waals surface area contributed by atoms with Crippen LogP contribution < -0.4 is 5.73 Å². The van der Waals surface area contributed by atoms with E-state index in [2.05, 4.69) is 10.1 Å². The molecule has 0 fully saturated rings. The molecule has 0 spiro atoms. The number of nitrogens with two attached hydrogens (primary N) is 1. The minimum absolute atomic E-state index is 0.149. The molecule has 0 amide bonds. The van der Waals surface area contributed by atoms with E-state index in [1.54, 1.807) is 12.1 Å². The summed E-state index contributed by atoms with van der Waals surface area (Å²) in [6.45, 7) is 6.02. The van der Waals surface area contributed by atoms with Gasteiger partial charge < -0.3 is 10.3 Å². The maximum atomic E-state index is 12.8. The lowest BCUT2D eigenvalue weighted by molar-refractivity contribution is 0.303. The number of halogens is 1. The zero-order valence-corrected chi connectivity index (χ0v) is 10.6. The fraction of sp³-hybridized carbons (Fsp3) is 0.385. The molecule has 5 heteroatoms. The molecule has 1 atom stereocenters. The molecule has 1 heterocycles. The van der Waals surface area contributed by atoms with Crippen molar-refractivity contribution in [2.24, 2.45) is 11.1 Å². The van der Waals surface area contributed by atoms with Crippen LogP contribution in [-0.4, -0.2) is 10.1 Å². The van der Waals surface area contributed by atoms with Gasteiger partial charge in [-0.3, -0.25) is 0 Å². The SMILES string of the molecule is CC(C)(C)C(N)c1noc(-c2ccc(F)cc2)n1. The molecular formula is C13H16FN3O. The van der Waals surface area contributed by atoms with E-state index in [1.807, 2.05) is 20.8 Å². The summed E-state index contributed by atoms with van der Waals surface area (Å²) in [6, 6.07) is 5.58. The molecule has 2 aromatic rings. The lowest BCUT2D eigenvalue weighted by Crippen LogP contribution is -2.27. The molecule has 1 aromatic heterocycles. The minimum Gasteiger partial charge on any atom is -0.334 e. The highest BCUT2D eigenvalue weighted by molar-refractivity contribution is 5.52. The predicted molar refractivity (Wildman–Crippen MR) is 66.1 cm³/mol. The van der Waals surface area contributed by atoms with Crippen molar-refractivity contribution in [3.63, 3.8) is 0 Å². The van der Waals surface area contributed by atoms with Crippen molar-refractivity contribution < 1.29 is 8.91 Å². The maximum absolute atomic E-state index is 12.8. The van der Waals surface area contributed by atoms with Crippen LogP contribution in [0.25, 0.3) is 11.5 Å². The molecule has 2 N–H and O–H groups in total. The Hall–Kier alpha value is -1.75. The van der Waals surface area contributed by atoms with E-state index in [9.17, 15) is 4.39 Å². The fourth-order valence-electron chi connectivity index (χ4n) is 1.46. The van der Waals surface area contributed by atoms with Crippen molar-refractivity contribution in [2.45, 2.75) is 26.8 Å². The zero-order chi connectivity index (χ0) is 13.3. The van der Waals surface area contributed by atoms with Gasteiger partial charge in [0.15, 0.2) is 5.82 Å². The monoisotopic (exact) mass is 249 g/mol. The summed E-state index contributed by atoms with van der Waals surface area (Å²) in [5.41, 5.74) is 6.57. The van der Waals surface area contributed by atoms with E-state index in [4.69, 9.17) is 10.3 Å². The first-order valence-electron chi connectivity index (χ1n) is 5.73. The highest BCUT2D eigenvalue weighted by atomic mass is 19.1. The van der Waals surface area contributed by atoms with Gasteiger partial charge in [-0.2, -0.15) is 4.98 Å². The van der Waals surface area contributed by atoms with Crippen LogP contribution in [-0.2, 0) is 0 Å². The number of hydrogen-bond acceptors (Lipinski definition) is 4. The average Bonchev–Trinajstić information content (AvgIpc) is 2.77. The second-order valence-corrected chi connectivity index (χ2v) is 5.31. The van der Waals surface area contributed by atoms with Crippen LogP contribution in [0.2, 0.25) is 0 Å². The smallest absolute Gasteiger partial charge is 0.257 e. The van der Waals surface area contributed by atoms with Gasteiger partial charge >= 0.3 is 0 Å². The number of rotatable bonds is 2. The normalized spacial score (nSPS) is 13.6. The summed E-state index contributed by atoms with van der Waals surface area (Å²) in [5.74, 6) is 0.511. The van der Waals surface area contributed by atoms with E-state index >= 15 is 0 Å². The Morgan fingerprint density at radius 2 is 1.83 bits per heavy atom. The highest BCUT2D eigenvalue weighted by Gasteiger charge is 2.27. The molecule has 4 nitrogen and oxygen atoms in total. The molecule has 0 saturated carbocycles. The first-order chi connectivity index (χ1) is 8.38. The number of benzene rings is 1. The Morgan fingerprint density at radius 3 is 2.39 bits per heavy atom. The molecule has 0 aliphatic carbocycles. The quantitative estimate of drug-likeness (QED) is 0.888. The van der Waals surface area contributed by atoms with E-state index in [0.29, 0.717) is 17.3 Å². The van der Waals surface area contributed by atoms with Crippen molar-refractivity contribution in [2.75, 3.05) is 0 Å². The van der Waals surface area contributed by atoms with Crippen LogP contribution in [0, 0.1) is 11.2 Å². The van der Waals surface area contributed by atoms with Gasteiger partial charge in [0, 0.05) is 5.56 Å². The molecule has 0 saturated heterocycles. The Morgan fingerprint density at radius 1 is 1.22 bits per heavy atom. The molecule has 1 aromatic carbocycles. The molecule has 18 heavy (non-hydrogen) atoms. The number of aromatic nitrogens is 2. The topological polar surface area (TPSA) is 64.9 Å². The summed E-state index contributed by atoms with van der Waals surface area (Å²) in [4.78, 5) is 4.25. The molecule has 96 valence electrons. The van der Waals surface area contributed by atoms with Crippen molar-refractivity contribution in [3.05, 3.63) is 35.9 Å². The van der Waals surface area contributed by atoms with E-state index in [-0.39, 0.29) is 17.3 Å². The third kappa shape index (κ3) is 2.56. The molecule has 2 rings (SSSR count). The summed E-state index contributed by atoms with van der Waals surface area (Å²) in [6.07, 6.45) is 0. The molecule has 0 bridgehead atoms. The summed E-state index contributed by atoms with van der Waals surface area (Å²) < 4.78 is 17.9. The van der Waals surface area contributed by atoms with Crippen LogP contribution in [0.3, 0.4) is 0 Å². The first kappa shape index (κ1) is 12.7. The summed E-state index contributed by atoms with van der Waals surface area (Å²) >= 11 is 0. The molecule has 0 radical (unpaired) electrons. The first-order valence-corrected chi connectivity index (χ1v) is 5.73. The molecular weight excluding hydrogens is 233 g/mol. The van der Waals surface area contributed by atoms with Crippen LogP contribution >= 0.6 is 0 Å². The average molecular weight is 249 g/mol. The van der Waals surface area contributed by atoms with Crippen LogP contribution in [0.4, 0.5) is 4.39 Å². The van der Waals surface area contributed by atoms with E-state index in [1.165, 1.54) is 12.1 Å². The Bertz CT molecular complexity index is 528. The van der Waals surface area contributed by atoms with E-state index in [0.717, 1.165) is 0 Å². The number of hydrogen-bond donors (Lipinski definition) is 1. The van der Waals surface area contributed by atoms with Gasteiger partial charge in [-0.05, 0) is 29.7 Å². The Balaban J connectivity index is 2.28. The van der Waals surface area contributed by atoms with Crippen LogP contribution in [0.15, 0.2) is 28.8 Å².